The number of ketones is 1. The first kappa shape index (κ1) is 17.2. The Morgan fingerprint density at radius 2 is 2.03 bits per heavy atom. The predicted molar refractivity (Wildman–Crippen MR) is 113 cm³/mol. The molecule has 2 aliphatic heterocycles. The van der Waals surface area contributed by atoms with Gasteiger partial charge in [-0.15, -0.1) is 0 Å². The molecule has 146 valence electrons. The Balaban J connectivity index is 1.48. The van der Waals surface area contributed by atoms with Crippen molar-refractivity contribution in [1.82, 2.24) is 15.3 Å². The third kappa shape index (κ3) is 2.30. The van der Waals surface area contributed by atoms with Gasteiger partial charge >= 0.3 is 0 Å². The maximum Gasteiger partial charge on any atom is 0.207 e. The summed E-state index contributed by atoms with van der Waals surface area (Å²) in [5, 5.41) is 14.7. The van der Waals surface area contributed by atoms with Crippen LogP contribution in [0.5, 0.6) is 0 Å². The van der Waals surface area contributed by atoms with E-state index in [2.05, 4.69) is 35.1 Å². The quantitative estimate of drug-likeness (QED) is 0.651. The molecule has 0 saturated carbocycles. The first-order chi connectivity index (χ1) is 14.0. The Hall–Kier alpha value is -2.69. The minimum absolute atomic E-state index is 0.0483. The number of thiazole rings is 1. The van der Waals surface area contributed by atoms with Crippen LogP contribution in [0, 0.1) is 11.3 Å². The number of aromatic amines is 1. The van der Waals surface area contributed by atoms with E-state index < -0.39 is 5.41 Å². The zero-order chi connectivity index (χ0) is 19.9. The molecule has 2 saturated heterocycles. The van der Waals surface area contributed by atoms with E-state index >= 15 is 0 Å². The molecule has 2 N–H and O–H groups in total. The lowest BCUT2D eigenvalue weighted by atomic mass is 9.77. The number of hydrogen-bond donors (Lipinski definition) is 2. The lowest BCUT2D eigenvalue weighted by Gasteiger charge is -2.32. The standard InChI is InChI=1S/C22H21N5OS/c1-22(2)19-16(14-6-3-11(8-23)7-15(14)25-19)17(28)18-20(22)26-21(29-18)27-9-12-4-5-13(10-27)24-12/h3,6-7,12-13,24-25H,4-5,9-10H2,1-2H3. The molecule has 7 heteroatoms. The van der Waals surface area contributed by atoms with Gasteiger partial charge in [0.1, 0.15) is 4.88 Å². The summed E-state index contributed by atoms with van der Waals surface area (Å²) in [6, 6.07) is 8.72. The predicted octanol–water partition coefficient (Wildman–Crippen LogP) is 3.31. The minimum Gasteiger partial charge on any atom is -0.357 e. The van der Waals surface area contributed by atoms with Crippen LogP contribution >= 0.6 is 11.3 Å². The summed E-state index contributed by atoms with van der Waals surface area (Å²) >= 11 is 1.54. The molecular formula is C22H21N5OS. The van der Waals surface area contributed by atoms with E-state index in [1.54, 1.807) is 6.07 Å². The molecule has 2 unspecified atom stereocenters. The smallest absolute Gasteiger partial charge is 0.207 e. The van der Waals surface area contributed by atoms with Crippen molar-refractivity contribution in [2.24, 2.45) is 0 Å². The summed E-state index contributed by atoms with van der Waals surface area (Å²) in [6.07, 6.45) is 2.44. The number of nitriles is 1. The normalized spacial score (nSPS) is 24.4. The summed E-state index contributed by atoms with van der Waals surface area (Å²) in [7, 11) is 0. The highest BCUT2D eigenvalue weighted by atomic mass is 32.1. The monoisotopic (exact) mass is 403 g/mol. The van der Waals surface area contributed by atoms with Crippen LogP contribution in [0.1, 0.15) is 58.9 Å². The second-order valence-corrected chi connectivity index (χ2v) is 9.90. The molecular weight excluding hydrogens is 382 g/mol. The fourth-order valence-electron chi connectivity index (χ4n) is 5.18. The van der Waals surface area contributed by atoms with Crippen LogP contribution in [0.2, 0.25) is 0 Å². The minimum atomic E-state index is -0.397. The molecule has 3 aromatic rings. The topological polar surface area (TPSA) is 84.8 Å². The lowest BCUT2D eigenvalue weighted by Crippen LogP contribution is -2.51. The van der Waals surface area contributed by atoms with Crippen LogP contribution < -0.4 is 10.2 Å². The number of nitrogens with zero attached hydrogens (tertiary/aromatic N) is 3. The highest BCUT2D eigenvalue weighted by Crippen LogP contribution is 2.46. The Kier molecular flexibility index (Phi) is 3.37. The molecule has 2 fully saturated rings. The van der Waals surface area contributed by atoms with Gasteiger partial charge in [-0.05, 0) is 38.8 Å². The van der Waals surface area contributed by atoms with Crippen molar-refractivity contribution in [2.75, 3.05) is 18.0 Å². The summed E-state index contributed by atoms with van der Waals surface area (Å²) in [5.74, 6) is 0.0483. The van der Waals surface area contributed by atoms with Crippen molar-refractivity contribution >= 4 is 33.2 Å². The lowest BCUT2D eigenvalue weighted by molar-refractivity contribution is 0.103. The van der Waals surface area contributed by atoms with Crippen molar-refractivity contribution in [3.63, 3.8) is 0 Å². The van der Waals surface area contributed by atoms with Crippen molar-refractivity contribution < 1.29 is 4.79 Å². The number of benzene rings is 1. The van der Waals surface area contributed by atoms with Crippen LogP contribution in [-0.2, 0) is 5.41 Å². The van der Waals surface area contributed by atoms with Gasteiger partial charge in [-0.25, -0.2) is 4.98 Å². The number of nitrogens with one attached hydrogen (secondary N) is 2. The van der Waals surface area contributed by atoms with Crippen LogP contribution in [0.4, 0.5) is 5.13 Å². The van der Waals surface area contributed by atoms with E-state index in [4.69, 9.17) is 4.98 Å². The van der Waals surface area contributed by atoms with E-state index in [0.29, 0.717) is 17.6 Å². The molecule has 1 aromatic carbocycles. The molecule has 0 radical (unpaired) electrons. The Bertz CT molecular complexity index is 1220. The first-order valence-corrected chi connectivity index (χ1v) is 10.9. The molecule has 6 rings (SSSR count). The van der Waals surface area contributed by atoms with Crippen molar-refractivity contribution in [3.8, 4) is 6.07 Å². The molecule has 4 heterocycles. The number of carbonyl (C=O) groups is 1. The molecule has 6 nitrogen and oxygen atoms in total. The number of fused-ring (bicyclic) bond motifs is 6. The van der Waals surface area contributed by atoms with E-state index in [1.807, 2.05) is 12.1 Å². The van der Waals surface area contributed by atoms with Gasteiger partial charge in [0, 0.05) is 47.2 Å². The number of carbonyl (C=O) groups excluding carboxylic acids is 1. The van der Waals surface area contributed by atoms with Crippen molar-refractivity contribution in [2.45, 2.75) is 44.2 Å². The maximum absolute atomic E-state index is 13.5. The van der Waals surface area contributed by atoms with Gasteiger partial charge in [0.25, 0.3) is 0 Å². The van der Waals surface area contributed by atoms with E-state index in [0.717, 1.165) is 51.0 Å². The number of piperazine rings is 1. The fraction of sp³-hybridized carbons (Fsp3) is 0.409. The van der Waals surface area contributed by atoms with Crippen molar-refractivity contribution in [1.29, 1.82) is 5.26 Å². The Morgan fingerprint density at radius 1 is 1.28 bits per heavy atom. The summed E-state index contributed by atoms with van der Waals surface area (Å²) in [4.78, 5) is 25.1. The Labute approximate surface area is 172 Å². The molecule has 2 bridgehead atoms. The third-order valence-electron chi connectivity index (χ3n) is 6.68. The zero-order valence-electron chi connectivity index (χ0n) is 16.4. The number of H-pyrrole nitrogens is 1. The molecule has 0 amide bonds. The van der Waals surface area contributed by atoms with Crippen LogP contribution in [0.3, 0.4) is 0 Å². The number of aromatic nitrogens is 2. The Morgan fingerprint density at radius 3 is 2.76 bits per heavy atom. The van der Waals surface area contributed by atoms with Gasteiger partial charge in [0.15, 0.2) is 5.13 Å². The second-order valence-electron chi connectivity index (χ2n) is 8.92. The van der Waals surface area contributed by atoms with Crippen molar-refractivity contribution in [3.05, 3.63) is 45.6 Å². The molecule has 1 aliphatic carbocycles. The van der Waals surface area contributed by atoms with Gasteiger partial charge in [0.05, 0.1) is 22.9 Å². The van der Waals surface area contributed by atoms with Crippen LogP contribution in [0.25, 0.3) is 10.9 Å². The third-order valence-corrected chi connectivity index (χ3v) is 7.80. The van der Waals surface area contributed by atoms with E-state index in [-0.39, 0.29) is 5.78 Å². The average Bonchev–Trinajstić information content (AvgIpc) is 3.41. The van der Waals surface area contributed by atoms with E-state index in [9.17, 15) is 10.1 Å². The highest BCUT2D eigenvalue weighted by Gasteiger charge is 2.44. The fourth-order valence-corrected chi connectivity index (χ4v) is 6.37. The highest BCUT2D eigenvalue weighted by molar-refractivity contribution is 7.18. The largest absolute Gasteiger partial charge is 0.357 e. The number of anilines is 1. The molecule has 2 atom stereocenters. The molecule has 0 spiro atoms. The molecule has 29 heavy (non-hydrogen) atoms. The van der Waals surface area contributed by atoms with Gasteiger partial charge in [-0.1, -0.05) is 17.4 Å². The maximum atomic E-state index is 13.5. The number of rotatable bonds is 1. The van der Waals surface area contributed by atoms with Crippen LogP contribution in [-0.4, -0.2) is 40.9 Å². The summed E-state index contributed by atoms with van der Waals surface area (Å²) < 4.78 is 0. The average molecular weight is 404 g/mol. The summed E-state index contributed by atoms with van der Waals surface area (Å²) in [6.45, 7) is 6.18. The van der Waals surface area contributed by atoms with Gasteiger partial charge in [0.2, 0.25) is 5.78 Å². The van der Waals surface area contributed by atoms with Gasteiger partial charge in [-0.2, -0.15) is 5.26 Å². The molecule has 3 aliphatic rings. The molecule has 2 aromatic heterocycles. The first-order valence-electron chi connectivity index (χ1n) is 10.1. The van der Waals surface area contributed by atoms with Gasteiger partial charge < -0.3 is 15.2 Å². The summed E-state index contributed by atoms with van der Waals surface area (Å²) in [5.41, 5.74) is 3.53. The zero-order valence-corrected chi connectivity index (χ0v) is 17.2. The number of hydrogen-bond acceptors (Lipinski definition) is 6. The SMILES string of the molecule is CC1(C)c2nc(N3CC4CCC(C3)N4)sc2C(=O)c2c1[nH]c1cc(C#N)ccc21. The van der Waals surface area contributed by atoms with Gasteiger partial charge in [-0.3, -0.25) is 4.79 Å². The van der Waals surface area contributed by atoms with E-state index in [1.165, 1.54) is 24.2 Å². The van der Waals surface area contributed by atoms with Crippen LogP contribution in [0.15, 0.2) is 18.2 Å². The second kappa shape index (κ2) is 5.68.